The molecule has 1 atom stereocenters. The third-order valence-electron chi connectivity index (χ3n) is 4.61. The molecular formula is C18H16ClN3O. The molecular weight excluding hydrogens is 310 g/mol. The van der Waals surface area contributed by atoms with Gasteiger partial charge in [0.2, 0.25) is 5.91 Å². The molecule has 0 radical (unpaired) electrons. The van der Waals surface area contributed by atoms with Crippen molar-refractivity contribution >= 4 is 28.5 Å². The van der Waals surface area contributed by atoms with Gasteiger partial charge in [0.05, 0.1) is 17.5 Å². The van der Waals surface area contributed by atoms with Crippen LogP contribution in [0.3, 0.4) is 0 Å². The number of amides is 1. The predicted octanol–water partition coefficient (Wildman–Crippen LogP) is 3.86. The minimum atomic E-state index is 0.0873. The fourth-order valence-corrected chi connectivity index (χ4v) is 3.57. The number of fused-ring (bicyclic) bond motifs is 2. The third-order valence-corrected chi connectivity index (χ3v) is 4.93. The van der Waals surface area contributed by atoms with Gasteiger partial charge in [-0.15, -0.1) is 0 Å². The molecule has 23 heavy (non-hydrogen) atoms. The molecule has 4 nitrogen and oxygen atoms in total. The van der Waals surface area contributed by atoms with Crippen LogP contribution in [0.1, 0.15) is 29.7 Å². The summed E-state index contributed by atoms with van der Waals surface area (Å²) in [7, 11) is 0. The van der Waals surface area contributed by atoms with Crippen molar-refractivity contribution in [1.29, 1.82) is 0 Å². The van der Waals surface area contributed by atoms with Gasteiger partial charge >= 0.3 is 0 Å². The predicted molar refractivity (Wildman–Crippen MR) is 90.2 cm³/mol. The van der Waals surface area contributed by atoms with Gasteiger partial charge in [0.15, 0.2) is 0 Å². The minimum absolute atomic E-state index is 0.0873. The fraction of sp³-hybridized carbons (Fsp3) is 0.222. The summed E-state index contributed by atoms with van der Waals surface area (Å²) in [5, 5.41) is 1.45. The average Bonchev–Trinajstić information content (AvgIpc) is 3.15. The Balaban J connectivity index is 1.64. The van der Waals surface area contributed by atoms with E-state index in [1.54, 1.807) is 6.20 Å². The molecule has 1 amide bonds. The highest BCUT2D eigenvalue weighted by Gasteiger charge is 2.30. The van der Waals surface area contributed by atoms with E-state index in [0.29, 0.717) is 11.6 Å². The van der Waals surface area contributed by atoms with Gasteiger partial charge in [0.1, 0.15) is 5.65 Å². The molecule has 5 heteroatoms. The van der Waals surface area contributed by atoms with E-state index < -0.39 is 0 Å². The summed E-state index contributed by atoms with van der Waals surface area (Å²) in [5.41, 5.74) is 4.05. The Labute approximate surface area is 139 Å². The molecule has 1 aliphatic rings. The second kappa shape index (κ2) is 5.39. The van der Waals surface area contributed by atoms with Gasteiger partial charge < -0.3 is 9.88 Å². The maximum atomic E-state index is 12.8. The highest BCUT2D eigenvalue weighted by molar-refractivity contribution is 6.32. The van der Waals surface area contributed by atoms with Crippen molar-refractivity contribution in [2.45, 2.75) is 25.9 Å². The van der Waals surface area contributed by atoms with Crippen molar-refractivity contribution in [2.75, 3.05) is 0 Å². The molecule has 0 saturated carbocycles. The van der Waals surface area contributed by atoms with Crippen molar-refractivity contribution in [2.24, 2.45) is 0 Å². The molecule has 116 valence electrons. The maximum absolute atomic E-state index is 12.8. The molecule has 0 bridgehead atoms. The smallest absolute Gasteiger partial charge is 0.227 e. The largest absolute Gasteiger partial charge is 0.346 e. The second-order valence-corrected chi connectivity index (χ2v) is 6.31. The number of aromatic amines is 1. The van der Waals surface area contributed by atoms with Crippen LogP contribution in [0.5, 0.6) is 0 Å². The SMILES string of the molecule is C[C@H]1c2ccccc2CN1C(=O)Cc1c(Cl)cnc2[nH]ccc12. The maximum Gasteiger partial charge on any atom is 0.227 e. The number of nitrogens with zero attached hydrogens (tertiary/aromatic N) is 2. The first-order valence-corrected chi connectivity index (χ1v) is 8.00. The quantitative estimate of drug-likeness (QED) is 0.777. The van der Waals surface area contributed by atoms with E-state index in [-0.39, 0.29) is 18.4 Å². The molecule has 1 aliphatic heterocycles. The Kier molecular flexibility index (Phi) is 3.34. The second-order valence-electron chi connectivity index (χ2n) is 5.90. The number of hydrogen-bond acceptors (Lipinski definition) is 2. The lowest BCUT2D eigenvalue weighted by molar-refractivity contribution is -0.132. The molecule has 3 aromatic rings. The van der Waals surface area contributed by atoms with E-state index in [1.165, 1.54) is 11.1 Å². The number of H-pyrrole nitrogens is 1. The highest BCUT2D eigenvalue weighted by atomic mass is 35.5. The molecule has 0 unspecified atom stereocenters. The standard InChI is InChI=1S/C18H16ClN3O/c1-11-13-5-3-2-4-12(13)10-22(11)17(23)8-15-14-6-7-20-18(14)21-9-16(15)19/h2-7,9,11H,8,10H2,1H3,(H,20,21)/t11-/m0/s1. The Hall–Kier alpha value is -2.33. The van der Waals surface area contributed by atoms with Gasteiger partial charge in [-0.05, 0) is 29.7 Å². The summed E-state index contributed by atoms with van der Waals surface area (Å²) in [6.45, 7) is 2.74. The van der Waals surface area contributed by atoms with Crippen LogP contribution in [-0.4, -0.2) is 20.8 Å². The zero-order valence-corrected chi connectivity index (χ0v) is 13.5. The van der Waals surface area contributed by atoms with E-state index >= 15 is 0 Å². The lowest BCUT2D eigenvalue weighted by Gasteiger charge is -2.22. The van der Waals surface area contributed by atoms with Crippen molar-refractivity contribution in [3.05, 3.63) is 64.4 Å². The Morgan fingerprint density at radius 2 is 2.22 bits per heavy atom. The number of pyridine rings is 1. The fourth-order valence-electron chi connectivity index (χ4n) is 3.35. The van der Waals surface area contributed by atoms with Crippen molar-refractivity contribution in [1.82, 2.24) is 14.9 Å². The van der Waals surface area contributed by atoms with Crippen LogP contribution < -0.4 is 0 Å². The number of carbonyl (C=O) groups excluding carboxylic acids is 1. The van der Waals surface area contributed by atoms with Crippen molar-refractivity contribution in [3.8, 4) is 0 Å². The van der Waals surface area contributed by atoms with Crippen molar-refractivity contribution < 1.29 is 4.79 Å². The Morgan fingerprint density at radius 3 is 3.04 bits per heavy atom. The number of nitrogens with one attached hydrogen (secondary N) is 1. The summed E-state index contributed by atoms with van der Waals surface area (Å²) in [5.74, 6) is 0.0873. The number of halogens is 1. The first kappa shape index (κ1) is 14.3. The van der Waals surface area contributed by atoms with Gasteiger partial charge in [-0.1, -0.05) is 35.9 Å². The van der Waals surface area contributed by atoms with Crippen LogP contribution in [0.25, 0.3) is 11.0 Å². The number of carbonyl (C=O) groups is 1. The van der Waals surface area contributed by atoms with Crippen LogP contribution in [0.15, 0.2) is 42.7 Å². The van der Waals surface area contributed by atoms with E-state index in [0.717, 1.165) is 16.6 Å². The number of hydrogen-bond donors (Lipinski definition) is 1. The minimum Gasteiger partial charge on any atom is -0.346 e. The molecule has 0 fully saturated rings. The zero-order chi connectivity index (χ0) is 16.0. The van der Waals surface area contributed by atoms with Crippen LogP contribution in [0.2, 0.25) is 5.02 Å². The first-order valence-electron chi connectivity index (χ1n) is 7.63. The van der Waals surface area contributed by atoms with Gasteiger partial charge in [0.25, 0.3) is 0 Å². The summed E-state index contributed by atoms with van der Waals surface area (Å²) in [4.78, 5) is 22.1. The topological polar surface area (TPSA) is 49.0 Å². The number of benzene rings is 1. The van der Waals surface area contributed by atoms with E-state index in [1.807, 2.05) is 29.3 Å². The summed E-state index contributed by atoms with van der Waals surface area (Å²) < 4.78 is 0. The van der Waals surface area contributed by atoms with Crippen LogP contribution in [0.4, 0.5) is 0 Å². The Morgan fingerprint density at radius 1 is 1.39 bits per heavy atom. The van der Waals surface area contributed by atoms with E-state index in [4.69, 9.17) is 11.6 Å². The number of aromatic nitrogens is 2. The first-order chi connectivity index (χ1) is 11.1. The zero-order valence-electron chi connectivity index (χ0n) is 12.7. The molecule has 0 aliphatic carbocycles. The number of rotatable bonds is 2. The Bertz CT molecular complexity index is 902. The monoisotopic (exact) mass is 325 g/mol. The highest BCUT2D eigenvalue weighted by Crippen LogP contribution is 2.34. The van der Waals surface area contributed by atoms with Gasteiger partial charge in [-0.2, -0.15) is 0 Å². The summed E-state index contributed by atoms with van der Waals surface area (Å²) >= 11 is 6.29. The third kappa shape index (κ3) is 2.30. The van der Waals surface area contributed by atoms with Crippen LogP contribution >= 0.6 is 11.6 Å². The van der Waals surface area contributed by atoms with Crippen LogP contribution in [0, 0.1) is 0 Å². The molecule has 2 aromatic heterocycles. The molecule has 1 aromatic carbocycles. The van der Waals surface area contributed by atoms with Gasteiger partial charge in [-0.3, -0.25) is 4.79 Å². The molecule has 1 N–H and O–H groups in total. The van der Waals surface area contributed by atoms with E-state index in [9.17, 15) is 4.79 Å². The molecule has 3 heterocycles. The molecule has 0 saturated heterocycles. The van der Waals surface area contributed by atoms with E-state index in [2.05, 4.69) is 29.0 Å². The lowest BCUT2D eigenvalue weighted by Crippen LogP contribution is -2.29. The molecule has 4 rings (SSSR count). The van der Waals surface area contributed by atoms with Gasteiger partial charge in [0, 0.05) is 24.3 Å². The normalized spacial score (nSPS) is 16.8. The van der Waals surface area contributed by atoms with Gasteiger partial charge in [-0.25, -0.2) is 4.98 Å². The summed E-state index contributed by atoms with van der Waals surface area (Å²) in [6, 6.07) is 10.2. The van der Waals surface area contributed by atoms with Crippen molar-refractivity contribution in [3.63, 3.8) is 0 Å². The van der Waals surface area contributed by atoms with Crippen LogP contribution in [-0.2, 0) is 17.8 Å². The average molecular weight is 326 g/mol. The molecule has 0 spiro atoms. The summed E-state index contributed by atoms with van der Waals surface area (Å²) in [6.07, 6.45) is 3.70. The lowest BCUT2D eigenvalue weighted by atomic mass is 10.1.